The summed E-state index contributed by atoms with van der Waals surface area (Å²) < 4.78 is 0. The zero-order chi connectivity index (χ0) is 15.8. The number of aromatic nitrogens is 1. The summed E-state index contributed by atoms with van der Waals surface area (Å²) in [7, 11) is 0. The van der Waals surface area contributed by atoms with E-state index in [0.29, 0.717) is 25.1 Å². The first-order chi connectivity index (χ1) is 10.7. The van der Waals surface area contributed by atoms with Crippen molar-refractivity contribution in [2.75, 3.05) is 13.1 Å². The molecule has 0 bridgehead atoms. The summed E-state index contributed by atoms with van der Waals surface area (Å²) in [6.07, 6.45) is 4.65. The Bertz CT molecular complexity index is 662. The molecule has 1 aromatic heterocycles. The van der Waals surface area contributed by atoms with Gasteiger partial charge in [-0.1, -0.05) is 12.1 Å². The van der Waals surface area contributed by atoms with Crippen LogP contribution in [0.2, 0.25) is 0 Å². The van der Waals surface area contributed by atoms with E-state index in [4.69, 9.17) is 5.26 Å². The van der Waals surface area contributed by atoms with E-state index in [2.05, 4.69) is 11.1 Å². The quantitative estimate of drug-likeness (QED) is 0.823. The standard InChI is InChI=1S/C18H19N3O/c1-2-21(13-9-15-7-11-20-12-8-15)18(22)17-5-3-4-16(14-17)6-10-19/h3-5,7-8,11-12,14H,2,6,9,13H2,1H3. The molecule has 2 aromatic rings. The van der Waals surface area contributed by atoms with Crippen LogP contribution in [-0.2, 0) is 12.8 Å². The van der Waals surface area contributed by atoms with E-state index in [1.807, 2.05) is 36.1 Å². The average Bonchev–Trinajstić information content (AvgIpc) is 2.57. The Labute approximate surface area is 131 Å². The van der Waals surface area contributed by atoms with E-state index in [1.165, 1.54) is 5.56 Å². The zero-order valence-electron chi connectivity index (χ0n) is 12.7. The average molecular weight is 293 g/mol. The lowest BCUT2D eigenvalue weighted by Gasteiger charge is -2.21. The molecule has 22 heavy (non-hydrogen) atoms. The number of nitriles is 1. The number of hydrogen-bond donors (Lipinski definition) is 0. The molecule has 0 saturated heterocycles. The van der Waals surface area contributed by atoms with Crippen molar-refractivity contribution in [3.05, 3.63) is 65.5 Å². The summed E-state index contributed by atoms with van der Waals surface area (Å²) in [4.78, 5) is 18.4. The topological polar surface area (TPSA) is 57.0 Å². The number of pyridine rings is 1. The van der Waals surface area contributed by atoms with Crippen LogP contribution in [0, 0.1) is 11.3 Å². The van der Waals surface area contributed by atoms with Gasteiger partial charge in [0.05, 0.1) is 12.5 Å². The number of amides is 1. The lowest BCUT2D eigenvalue weighted by molar-refractivity contribution is 0.0766. The second-order valence-corrected chi connectivity index (χ2v) is 5.03. The predicted molar refractivity (Wildman–Crippen MR) is 85.3 cm³/mol. The Kier molecular flexibility index (Phi) is 5.67. The van der Waals surface area contributed by atoms with Crippen LogP contribution < -0.4 is 0 Å². The molecule has 0 unspecified atom stereocenters. The van der Waals surface area contributed by atoms with Crippen molar-refractivity contribution < 1.29 is 4.79 Å². The van der Waals surface area contributed by atoms with Crippen LogP contribution in [0.15, 0.2) is 48.8 Å². The van der Waals surface area contributed by atoms with Crippen molar-refractivity contribution in [2.24, 2.45) is 0 Å². The molecule has 4 nitrogen and oxygen atoms in total. The predicted octanol–water partition coefficient (Wildman–Crippen LogP) is 2.85. The summed E-state index contributed by atoms with van der Waals surface area (Å²) >= 11 is 0. The molecular weight excluding hydrogens is 274 g/mol. The molecule has 0 spiro atoms. The van der Waals surface area contributed by atoms with Gasteiger partial charge in [0.15, 0.2) is 0 Å². The second kappa shape index (κ2) is 7.94. The van der Waals surface area contributed by atoms with Gasteiger partial charge in [0.25, 0.3) is 5.91 Å². The molecule has 0 fully saturated rings. The largest absolute Gasteiger partial charge is 0.339 e. The van der Waals surface area contributed by atoms with Crippen LogP contribution >= 0.6 is 0 Å². The van der Waals surface area contributed by atoms with Crippen molar-refractivity contribution in [3.8, 4) is 6.07 Å². The number of nitrogens with zero attached hydrogens (tertiary/aromatic N) is 3. The smallest absolute Gasteiger partial charge is 0.253 e. The number of likely N-dealkylation sites (N-methyl/N-ethyl adjacent to an activating group) is 1. The van der Waals surface area contributed by atoms with E-state index >= 15 is 0 Å². The summed E-state index contributed by atoms with van der Waals surface area (Å²) in [6, 6.07) is 13.3. The molecule has 4 heteroatoms. The van der Waals surface area contributed by atoms with Gasteiger partial charge in [0.1, 0.15) is 0 Å². The van der Waals surface area contributed by atoms with Crippen LogP contribution in [0.1, 0.15) is 28.4 Å². The molecule has 0 aliphatic carbocycles. The maximum Gasteiger partial charge on any atom is 0.253 e. The van der Waals surface area contributed by atoms with Crippen molar-refractivity contribution in [2.45, 2.75) is 19.8 Å². The third-order valence-corrected chi connectivity index (χ3v) is 3.55. The number of hydrogen-bond acceptors (Lipinski definition) is 3. The zero-order valence-corrected chi connectivity index (χ0v) is 12.7. The molecule has 1 amide bonds. The fourth-order valence-electron chi connectivity index (χ4n) is 2.30. The molecule has 0 aliphatic rings. The lowest BCUT2D eigenvalue weighted by atomic mass is 10.1. The molecule has 112 valence electrons. The van der Waals surface area contributed by atoms with Crippen LogP contribution in [0.5, 0.6) is 0 Å². The van der Waals surface area contributed by atoms with Crippen LogP contribution in [-0.4, -0.2) is 28.9 Å². The minimum absolute atomic E-state index is 0.0105. The maximum absolute atomic E-state index is 12.6. The fourth-order valence-corrected chi connectivity index (χ4v) is 2.30. The van der Waals surface area contributed by atoms with Gasteiger partial charge in [0, 0.05) is 31.0 Å². The second-order valence-electron chi connectivity index (χ2n) is 5.03. The Morgan fingerprint density at radius 3 is 2.68 bits per heavy atom. The highest BCUT2D eigenvalue weighted by Crippen LogP contribution is 2.10. The van der Waals surface area contributed by atoms with Crippen LogP contribution in [0.3, 0.4) is 0 Å². The minimum Gasteiger partial charge on any atom is -0.339 e. The van der Waals surface area contributed by atoms with Gasteiger partial charge in [-0.2, -0.15) is 5.26 Å². The fraction of sp³-hybridized carbons (Fsp3) is 0.278. The third-order valence-electron chi connectivity index (χ3n) is 3.55. The highest BCUT2D eigenvalue weighted by Gasteiger charge is 2.14. The molecule has 0 atom stereocenters. The Morgan fingerprint density at radius 1 is 1.23 bits per heavy atom. The summed E-state index contributed by atoms with van der Waals surface area (Å²) in [6.45, 7) is 3.30. The molecule has 0 N–H and O–H groups in total. The minimum atomic E-state index is 0.0105. The maximum atomic E-state index is 12.6. The molecule has 0 radical (unpaired) electrons. The van der Waals surface area contributed by atoms with Crippen molar-refractivity contribution in [1.29, 1.82) is 5.26 Å². The van der Waals surface area contributed by atoms with Gasteiger partial charge in [0.2, 0.25) is 0 Å². The summed E-state index contributed by atoms with van der Waals surface area (Å²) in [5, 5.41) is 8.76. The van der Waals surface area contributed by atoms with E-state index in [9.17, 15) is 4.79 Å². The Hall–Kier alpha value is -2.67. The van der Waals surface area contributed by atoms with Gasteiger partial charge in [-0.05, 0) is 48.7 Å². The Morgan fingerprint density at radius 2 is 2.00 bits per heavy atom. The van der Waals surface area contributed by atoms with E-state index < -0.39 is 0 Å². The van der Waals surface area contributed by atoms with Crippen LogP contribution in [0.4, 0.5) is 0 Å². The summed E-state index contributed by atoms with van der Waals surface area (Å²) in [5.41, 5.74) is 2.68. The van der Waals surface area contributed by atoms with Gasteiger partial charge >= 0.3 is 0 Å². The first-order valence-electron chi connectivity index (χ1n) is 7.38. The van der Waals surface area contributed by atoms with Crippen molar-refractivity contribution >= 4 is 5.91 Å². The SMILES string of the molecule is CCN(CCc1ccncc1)C(=O)c1cccc(CC#N)c1. The van der Waals surface area contributed by atoms with E-state index in [1.54, 1.807) is 24.5 Å². The van der Waals surface area contributed by atoms with Crippen molar-refractivity contribution in [1.82, 2.24) is 9.88 Å². The highest BCUT2D eigenvalue weighted by atomic mass is 16.2. The molecule has 0 saturated carbocycles. The molecular formula is C18H19N3O. The van der Waals surface area contributed by atoms with E-state index in [-0.39, 0.29) is 5.91 Å². The first-order valence-corrected chi connectivity index (χ1v) is 7.38. The van der Waals surface area contributed by atoms with Crippen molar-refractivity contribution in [3.63, 3.8) is 0 Å². The monoisotopic (exact) mass is 293 g/mol. The number of benzene rings is 1. The normalized spacial score (nSPS) is 10.0. The van der Waals surface area contributed by atoms with Gasteiger partial charge in [-0.25, -0.2) is 0 Å². The number of carbonyl (C=O) groups excluding carboxylic acids is 1. The molecule has 1 heterocycles. The molecule has 0 aliphatic heterocycles. The number of carbonyl (C=O) groups is 1. The molecule has 1 aromatic carbocycles. The van der Waals surface area contributed by atoms with Gasteiger partial charge in [-0.3, -0.25) is 9.78 Å². The summed E-state index contributed by atoms with van der Waals surface area (Å²) in [5.74, 6) is 0.0105. The first kappa shape index (κ1) is 15.7. The lowest BCUT2D eigenvalue weighted by Crippen LogP contribution is -2.32. The van der Waals surface area contributed by atoms with Gasteiger partial charge in [-0.15, -0.1) is 0 Å². The third kappa shape index (κ3) is 4.16. The number of rotatable bonds is 6. The van der Waals surface area contributed by atoms with Crippen LogP contribution in [0.25, 0.3) is 0 Å². The Balaban J connectivity index is 2.05. The highest BCUT2D eigenvalue weighted by molar-refractivity contribution is 5.94. The van der Waals surface area contributed by atoms with Gasteiger partial charge < -0.3 is 4.90 Å². The van der Waals surface area contributed by atoms with E-state index in [0.717, 1.165) is 12.0 Å². The molecule has 2 rings (SSSR count).